The van der Waals surface area contributed by atoms with Crippen LogP contribution in [0.2, 0.25) is 10.0 Å². The summed E-state index contributed by atoms with van der Waals surface area (Å²) in [6.45, 7) is 2.50. The van der Waals surface area contributed by atoms with E-state index in [9.17, 15) is 4.79 Å². The van der Waals surface area contributed by atoms with Crippen LogP contribution in [-0.4, -0.2) is 16.8 Å². The summed E-state index contributed by atoms with van der Waals surface area (Å²) in [5.41, 5.74) is 1.38. The van der Waals surface area contributed by atoms with Gasteiger partial charge in [0.1, 0.15) is 17.3 Å². The van der Waals surface area contributed by atoms with Gasteiger partial charge in [0.15, 0.2) is 4.32 Å². The van der Waals surface area contributed by atoms with Gasteiger partial charge in [-0.1, -0.05) is 53.2 Å². The molecule has 1 aromatic heterocycles. The van der Waals surface area contributed by atoms with Crippen LogP contribution in [0.5, 0.6) is 5.75 Å². The average Bonchev–Trinajstić information content (AvgIpc) is 3.30. The largest absolute Gasteiger partial charge is 0.494 e. The van der Waals surface area contributed by atoms with Crippen LogP contribution in [0.1, 0.15) is 12.7 Å². The molecule has 1 fully saturated rings. The fourth-order valence-corrected chi connectivity index (χ4v) is 4.62. The summed E-state index contributed by atoms with van der Waals surface area (Å²) in [7, 11) is 0. The summed E-state index contributed by atoms with van der Waals surface area (Å²) in [4.78, 5) is 14.9. The standard InChI is InChI=1S/C22H15Cl2NO3S2/c1-2-27-14-8-6-13(7-9-14)25-21(26)19(30-22(25)29)12-15-10-11-18(28-15)16-4-3-5-17(23)20(16)24/h3-12H,2H2,1H3. The van der Waals surface area contributed by atoms with Crippen molar-refractivity contribution in [3.8, 4) is 17.1 Å². The maximum atomic E-state index is 12.9. The molecule has 30 heavy (non-hydrogen) atoms. The van der Waals surface area contributed by atoms with Crippen LogP contribution in [0.4, 0.5) is 5.69 Å². The molecule has 0 radical (unpaired) electrons. The number of rotatable bonds is 5. The van der Waals surface area contributed by atoms with Gasteiger partial charge in [0.05, 0.1) is 27.2 Å². The molecule has 4 rings (SSSR count). The number of hydrogen-bond donors (Lipinski definition) is 0. The first-order chi connectivity index (χ1) is 14.5. The Hall–Kier alpha value is -2.25. The molecule has 0 unspecified atom stereocenters. The van der Waals surface area contributed by atoms with E-state index in [1.807, 2.05) is 37.3 Å². The predicted octanol–water partition coefficient (Wildman–Crippen LogP) is 7.06. The van der Waals surface area contributed by atoms with Gasteiger partial charge in [-0.05, 0) is 55.5 Å². The Morgan fingerprint density at radius 2 is 1.90 bits per heavy atom. The van der Waals surface area contributed by atoms with E-state index in [4.69, 9.17) is 44.6 Å². The number of anilines is 1. The lowest BCUT2D eigenvalue weighted by Gasteiger charge is -2.15. The normalized spacial score (nSPS) is 15.3. The number of amides is 1. The molecule has 0 aliphatic carbocycles. The maximum absolute atomic E-state index is 12.9. The number of furan rings is 1. The zero-order chi connectivity index (χ0) is 21.3. The summed E-state index contributed by atoms with van der Waals surface area (Å²) in [6, 6.07) is 16.1. The van der Waals surface area contributed by atoms with E-state index in [2.05, 4.69) is 0 Å². The van der Waals surface area contributed by atoms with E-state index >= 15 is 0 Å². The summed E-state index contributed by atoms with van der Waals surface area (Å²) in [6.07, 6.45) is 1.68. The van der Waals surface area contributed by atoms with E-state index in [-0.39, 0.29) is 5.91 Å². The van der Waals surface area contributed by atoms with Crippen molar-refractivity contribution in [3.63, 3.8) is 0 Å². The lowest BCUT2D eigenvalue weighted by Crippen LogP contribution is -2.27. The zero-order valence-corrected chi connectivity index (χ0v) is 18.9. The fraction of sp³-hybridized carbons (Fsp3) is 0.0909. The van der Waals surface area contributed by atoms with Crippen LogP contribution in [-0.2, 0) is 4.79 Å². The van der Waals surface area contributed by atoms with Crippen molar-refractivity contribution < 1.29 is 13.9 Å². The third-order valence-corrected chi connectivity index (χ3v) is 6.44. The van der Waals surface area contributed by atoms with Gasteiger partial charge in [-0.15, -0.1) is 0 Å². The molecule has 1 aliphatic heterocycles. The van der Waals surface area contributed by atoms with Crippen LogP contribution >= 0.6 is 47.2 Å². The number of nitrogens with zero attached hydrogens (tertiary/aromatic N) is 1. The molecule has 1 saturated heterocycles. The van der Waals surface area contributed by atoms with Gasteiger partial charge < -0.3 is 9.15 Å². The van der Waals surface area contributed by atoms with Crippen molar-refractivity contribution in [1.29, 1.82) is 0 Å². The van der Waals surface area contributed by atoms with Gasteiger partial charge in [-0.25, -0.2) is 0 Å². The van der Waals surface area contributed by atoms with Crippen molar-refractivity contribution in [2.45, 2.75) is 6.92 Å². The van der Waals surface area contributed by atoms with Gasteiger partial charge in [-0.2, -0.15) is 0 Å². The Balaban J connectivity index is 1.58. The molecule has 152 valence electrons. The summed E-state index contributed by atoms with van der Waals surface area (Å²) >= 11 is 19.0. The minimum atomic E-state index is -0.201. The van der Waals surface area contributed by atoms with Gasteiger partial charge in [0.25, 0.3) is 5.91 Å². The number of halogens is 2. The van der Waals surface area contributed by atoms with Gasteiger partial charge in [0.2, 0.25) is 0 Å². The highest BCUT2D eigenvalue weighted by atomic mass is 35.5. The minimum Gasteiger partial charge on any atom is -0.494 e. The highest BCUT2D eigenvalue weighted by molar-refractivity contribution is 8.27. The number of thioether (sulfide) groups is 1. The van der Waals surface area contributed by atoms with E-state index in [0.717, 1.165) is 5.75 Å². The van der Waals surface area contributed by atoms with Crippen LogP contribution in [0.25, 0.3) is 17.4 Å². The molecule has 8 heteroatoms. The molecule has 2 heterocycles. The van der Waals surface area contributed by atoms with Crippen molar-refractivity contribution in [2.75, 3.05) is 11.5 Å². The molecule has 0 bridgehead atoms. The molecule has 1 amide bonds. The van der Waals surface area contributed by atoms with Crippen LogP contribution in [0.15, 0.2) is 63.9 Å². The molecular formula is C22H15Cl2NO3S2. The quantitative estimate of drug-likeness (QED) is 0.291. The third kappa shape index (κ3) is 4.14. The first kappa shape index (κ1) is 21.0. The molecule has 0 atom stereocenters. The number of hydrogen-bond acceptors (Lipinski definition) is 5. The van der Waals surface area contributed by atoms with Crippen molar-refractivity contribution in [2.24, 2.45) is 0 Å². The second-order valence-electron chi connectivity index (χ2n) is 6.25. The second-order valence-corrected chi connectivity index (χ2v) is 8.71. The van der Waals surface area contributed by atoms with Crippen LogP contribution < -0.4 is 9.64 Å². The summed E-state index contributed by atoms with van der Waals surface area (Å²) < 4.78 is 11.8. The highest BCUT2D eigenvalue weighted by Crippen LogP contribution is 2.38. The van der Waals surface area contributed by atoms with Crippen LogP contribution in [0.3, 0.4) is 0 Å². The topological polar surface area (TPSA) is 42.7 Å². The molecule has 2 aromatic carbocycles. The highest BCUT2D eigenvalue weighted by Gasteiger charge is 2.33. The predicted molar refractivity (Wildman–Crippen MR) is 127 cm³/mol. The molecule has 0 spiro atoms. The molecule has 4 nitrogen and oxygen atoms in total. The third-order valence-electron chi connectivity index (χ3n) is 4.32. The zero-order valence-electron chi connectivity index (χ0n) is 15.7. The molecular weight excluding hydrogens is 461 g/mol. The lowest BCUT2D eigenvalue weighted by atomic mass is 10.2. The van der Waals surface area contributed by atoms with E-state index in [0.29, 0.717) is 48.6 Å². The molecule has 0 N–H and O–H groups in total. The Morgan fingerprint density at radius 1 is 1.13 bits per heavy atom. The fourth-order valence-electron chi connectivity index (χ4n) is 2.95. The first-order valence-electron chi connectivity index (χ1n) is 9.03. The average molecular weight is 476 g/mol. The number of ether oxygens (including phenoxy) is 1. The number of carbonyl (C=O) groups excluding carboxylic acids is 1. The van der Waals surface area contributed by atoms with Gasteiger partial charge in [0, 0.05) is 11.6 Å². The summed E-state index contributed by atoms with van der Waals surface area (Å²) in [5.74, 6) is 1.63. The lowest BCUT2D eigenvalue weighted by molar-refractivity contribution is -0.113. The van der Waals surface area contributed by atoms with Gasteiger partial charge >= 0.3 is 0 Å². The SMILES string of the molecule is CCOc1ccc(N2C(=O)C(=Cc3ccc(-c4cccc(Cl)c4Cl)o3)SC2=S)cc1. The Kier molecular flexibility index (Phi) is 6.20. The van der Waals surface area contributed by atoms with Crippen molar-refractivity contribution in [1.82, 2.24) is 0 Å². The first-order valence-corrected chi connectivity index (χ1v) is 11.0. The molecule has 1 aliphatic rings. The molecule has 0 saturated carbocycles. The Morgan fingerprint density at radius 3 is 2.63 bits per heavy atom. The van der Waals surface area contributed by atoms with Crippen molar-refractivity contribution in [3.05, 3.63) is 75.3 Å². The Labute approximate surface area is 193 Å². The monoisotopic (exact) mass is 475 g/mol. The summed E-state index contributed by atoms with van der Waals surface area (Å²) in [5, 5.41) is 0.866. The molecule has 3 aromatic rings. The van der Waals surface area contributed by atoms with Gasteiger partial charge in [-0.3, -0.25) is 9.69 Å². The van der Waals surface area contributed by atoms with E-state index in [1.54, 1.807) is 30.3 Å². The number of carbonyl (C=O) groups is 1. The number of thiocarbonyl (C=S) groups is 1. The second kappa shape index (κ2) is 8.86. The van der Waals surface area contributed by atoms with E-state index in [1.165, 1.54) is 16.7 Å². The maximum Gasteiger partial charge on any atom is 0.270 e. The minimum absolute atomic E-state index is 0.201. The number of benzene rings is 2. The van der Waals surface area contributed by atoms with Crippen molar-refractivity contribution >= 4 is 69.2 Å². The smallest absolute Gasteiger partial charge is 0.270 e. The van der Waals surface area contributed by atoms with Crippen LogP contribution in [0, 0.1) is 0 Å². The Bertz CT molecular complexity index is 1160. The van der Waals surface area contributed by atoms with E-state index < -0.39 is 0 Å².